The van der Waals surface area contributed by atoms with E-state index < -0.39 is 24.6 Å². The van der Waals surface area contributed by atoms with Gasteiger partial charge in [0.05, 0.1) is 24.1 Å². The van der Waals surface area contributed by atoms with E-state index in [-0.39, 0.29) is 12.2 Å². The van der Waals surface area contributed by atoms with E-state index in [1.807, 2.05) is 48.5 Å². The molecule has 0 aliphatic heterocycles. The number of hydrogen-bond acceptors (Lipinski definition) is 6. The minimum Gasteiger partial charge on any atom is -0.481 e. The Labute approximate surface area is 254 Å². The number of nitrogens with zero attached hydrogens (tertiary/aromatic N) is 1. The Kier molecular flexibility index (Phi) is 10.8. The number of pyridine rings is 1. The van der Waals surface area contributed by atoms with Crippen molar-refractivity contribution in [1.82, 2.24) is 4.98 Å². The fraction of sp³-hybridized carbons (Fsp3) is 0.294. The van der Waals surface area contributed by atoms with Crippen LogP contribution in [0.15, 0.2) is 82.7 Å². The molecule has 4 aromatic rings. The van der Waals surface area contributed by atoms with Crippen LogP contribution >= 0.6 is 23.5 Å². The van der Waals surface area contributed by atoms with Crippen molar-refractivity contribution in [2.75, 3.05) is 0 Å². The minimum absolute atomic E-state index is 0.118. The summed E-state index contributed by atoms with van der Waals surface area (Å²) in [5.41, 5.74) is 4.19. The predicted molar refractivity (Wildman–Crippen MR) is 172 cm³/mol. The maximum absolute atomic E-state index is 15.7. The van der Waals surface area contributed by atoms with Crippen molar-refractivity contribution in [2.24, 2.45) is 0 Å². The number of halogens is 1. The highest BCUT2D eigenvalue weighted by molar-refractivity contribution is 8.00. The lowest BCUT2D eigenvalue weighted by Gasteiger charge is -2.15. The number of carboxylic acid groups (broad SMARTS) is 1. The molecular formula is C34H36FNO4S2. The highest BCUT2D eigenvalue weighted by Crippen LogP contribution is 2.37. The number of aliphatic carboxylic acids is 1. The normalized spacial score (nSPS) is 13.4. The van der Waals surface area contributed by atoms with Gasteiger partial charge in [-0.15, -0.1) is 23.5 Å². The van der Waals surface area contributed by atoms with E-state index >= 15 is 4.39 Å². The molecule has 0 fully saturated rings. The molecule has 1 aromatic heterocycles. The fourth-order valence-electron chi connectivity index (χ4n) is 4.71. The Balaban J connectivity index is 1.76. The van der Waals surface area contributed by atoms with Crippen LogP contribution in [0.5, 0.6) is 0 Å². The molecule has 0 amide bonds. The molecule has 1 heterocycles. The van der Waals surface area contributed by atoms with Gasteiger partial charge in [0.15, 0.2) is 0 Å². The minimum atomic E-state index is -1.17. The molecule has 0 bridgehead atoms. The number of thioether (sulfide) groups is 2. The largest absolute Gasteiger partial charge is 0.481 e. The molecule has 5 nitrogen and oxygen atoms in total. The van der Waals surface area contributed by atoms with Crippen LogP contribution < -0.4 is 0 Å². The van der Waals surface area contributed by atoms with Crippen LogP contribution in [-0.2, 0) is 4.79 Å². The summed E-state index contributed by atoms with van der Waals surface area (Å²) in [5.74, 6) is -1.50. The quantitative estimate of drug-likeness (QED) is 0.140. The number of benzene rings is 3. The standard InChI is InChI=1S/C34H36FNO4S2/c1-20(2)41-27-11-6-22(7-12-27)29-18-32-30(17-31(29)35)34(23-8-13-28(14-9-23)42-21(3)4)24(19-36-32)5-10-25(37)15-26(38)16-33(39)40/h5-14,17-21,25-26,37-38H,15-16H2,1-4H3,(H,39,40)/b10-5+/t25-,26-/m1/s1. The molecular weight excluding hydrogens is 570 g/mol. The Morgan fingerprint density at radius 2 is 1.48 bits per heavy atom. The van der Waals surface area contributed by atoms with E-state index in [1.54, 1.807) is 41.9 Å². The van der Waals surface area contributed by atoms with Crippen LogP contribution in [0.1, 0.15) is 46.1 Å². The second-order valence-electron chi connectivity index (χ2n) is 10.7. The first-order valence-corrected chi connectivity index (χ1v) is 15.7. The Morgan fingerprint density at radius 3 is 2.02 bits per heavy atom. The number of aromatic nitrogens is 1. The molecule has 2 atom stereocenters. The zero-order chi connectivity index (χ0) is 30.4. The molecule has 0 saturated heterocycles. The zero-order valence-electron chi connectivity index (χ0n) is 24.1. The van der Waals surface area contributed by atoms with Crippen molar-refractivity contribution < 1.29 is 24.5 Å². The summed E-state index contributed by atoms with van der Waals surface area (Å²) in [6.45, 7) is 8.53. The lowest BCUT2D eigenvalue weighted by atomic mass is 9.93. The molecule has 0 aliphatic rings. The van der Waals surface area contributed by atoms with Gasteiger partial charge in [-0.2, -0.15) is 0 Å². The molecule has 0 radical (unpaired) electrons. The summed E-state index contributed by atoms with van der Waals surface area (Å²) in [5, 5.41) is 30.8. The fourth-order valence-corrected chi connectivity index (χ4v) is 6.39. The van der Waals surface area contributed by atoms with Crippen LogP contribution in [0.3, 0.4) is 0 Å². The first-order valence-electron chi connectivity index (χ1n) is 13.9. The van der Waals surface area contributed by atoms with E-state index in [4.69, 9.17) is 5.11 Å². The average molecular weight is 606 g/mol. The lowest BCUT2D eigenvalue weighted by molar-refractivity contribution is -0.139. The Hall–Kier alpha value is -3.17. The third-order valence-electron chi connectivity index (χ3n) is 6.46. The van der Waals surface area contributed by atoms with Crippen molar-refractivity contribution in [1.29, 1.82) is 0 Å². The van der Waals surface area contributed by atoms with Crippen LogP contribution in [0, 0.1) is 5.82 Å². The maximum Gasteiger partial charge on any atom is 0.305 e. The molecule has 3 N–H and O–H groups in total. The van der Waals surface area contributed by atoms with Gasteiger partial charge in [0.2, 0.25) is 0 Å². The molecule has 4 rings (SSSR count). The monoisotopic (exact) mass is 605 g/mol. The van der Waals surface area contributed by atoms with Gasteiger partial charge in [-0.3, -0.25) is 9.78 Å². The summed E-state index contributed by atoms with van der Waals surface area (Å²) in [4.78, 5) is 17.8. The summed E-state index contributed by atoms with van der Waals surface area (Å²) in [6.07, 6.45) is 2.07. The Bertz CT molecular complexity index is 1550. The van der Waals surface area contributed by atoms with Crippen LogP contribution in [-0.4, -0.2) is 49.0 Å². The van der Waals surface area contributed by atoms with Gasteiger partial charge in [-0.1, -0.05) is 64.1 Å². The molecule has 0 unspecified atom stereocenters. The summed E-state index contributed by atoms with van der Waals surface area (Å²) < 4.78 is 15.7. The maximum atomic E-state index is 15.7. The second kappa shape index (κ2) is 14.3. The summed E-state index contributed by atoms with van der Waals surface area (Å²) in [7, 11) is 0. The summed E-state index contributed by atoms with van der Waals surface area (Å²) >= 11 is 3.51. The number of aliphatic hydroxyl groups is 2. The van der Waals surface area contributed by atoms with Crippen LogP contribution in [0.25, 0.3) is 39.2 Å². The lowest BCUT2D eigenvalue weighted by Crippen LogP contribution is -2.19. The van der Waals surface area contributed by atoms with Crippen molar-refractivity contribution in [3.8, 4) is 22.3 Å². The average Bonchev–Trinajstić information content (AvgIpc) is 2.91. The van der Waals surface area contributed by atoms with Crippen LogP contribution in [0.2, 0.25) is 0 Å². The molecule has 42 heavy (non-hydrogen) atoms. The molecule has 220 valence electrons. The predicted octanol–water partition coefficient (Wildman–Crippen LogP) is 8.31. The molecule has 8 heteroatoms. The van der Waals surface area contributed by atoms with E-state index in [1.165, 1.54) is 12.1 Å². The van der Waals surface area contributed by atoms with Gasteiger partial charge < -0.3 is 15.3 Å². The highest BCUT2D eigenvalue weighted by Gasteiger charge is 2.17. The number of hydrogen-bond donors (Lipinski definition) is 3. The van der Waals surface area contributed by atoms with Crippen molar-refractivity contribution in [3.05, 3.63) is 84.3 Å². The third kappa shape index (κ3) is 8.44. The number of fused-ring (bicyclic) bond motifs is 1. The van der Waals surface area contributed by atoms with Gasteiger partial charge in [0, 0.05) is 49.4 Å². The highest BCUT2D eigenvalue weighted by atomic mass is 32.2. The van der Waals surface area contributed by atoms with Gasteiger partial charge in [0.25, 0.3) is 0 Å². The Morgan fingerprint density at radius 1 is 0.905 bits per heavy atom. The van der Waals surface area contributed by atoms with Crippen molar-refractivity contribution >= 4 is 46.5 Å². The number of carbonyl (C=O) groups is 1. The second-order valence-corrected chi connectivity index (χ2v) is 14.0. The molecule has 0 saturated carbocycles. The first kappa shape index (κ1) is 31.8. The zero-order valence-corrected chi connectivity index (χ0v) is 25.8. The SMILES string of the molecule is CC(C)Sc1ccc(-c2cc3ncc(/C=C/[C@@H](O)C[C@@H](O)CC(=O)O)c(-c4ccc(SC(C)C)cc4)c3cc2F)cc1. The molecule has 3 aromatic carbocycles. The van der Waals surface area contributed by atoms with Crippen molar-refractivity contribution in [3.63, 3.8) is 0 Å². The van der Waals surface area contributed by atoms with E-state index in [9.17, 15) is 15.0 Å². The number of carboxylic acids is 1. The van der Waals surface area contributed by atoms with Gasteiger partial charge in [-0.05, 0) is 53.1 Å². The summed E-state index contributed by atoms with van der Waals surface area (Å²) in [6, 6.07) is 19.2. The van der Waals surface area contributed by atoms with Gasteiger partial charge >= 0.3 is 5.97 Å². The molecule has 0 spiro atoms. The van der Waals surface area contributed by atoms with Gasteiger partial charge in [0.1, 0.15) is 5.82 Å². The third-order valence-corrected chi connectivity index (χ3v) is 8.49. The van der Waals surface area contributed by atoms with E-state index in [0.717, 1.165) is 26.5 Å². The van der Waals surface area contributed by atoms with Gasteiger partial charge in [-0.25, -0.2) is 4.39 Å². The van der Waals surface area contributed by atoms with Crippen molar-refractivity contribution in [2.45, 2.75) is 73.0 Å². The topological polar surface area (TPSA) is 90.7 Å². The number of rotatable bonds is 12. The molecule has 0 aliphatic carbocycles. The smallest absolute Gasteiger partial charge is 0.305 e. The first-order chi connectivity index (χ1) is 20.0. The van der Waals surface area contributed by atoms with E-state index in [0.29, 0.717) is 32.5 Å². The van der Waals surface area contributed by atoms with Crippen LogP contribution in [0.4, 0.5) is 4.39 Å². The number of aliphatic hydroxyl groups excluding tert-OH is 2. The van der Waals surface area contributed by atoms with E-state index in [2.05, 4.69) is 32.7 Å².